The molecule has 1 heterocycles. The molecule has 18 heavy (non-hydrogen) atoms. The number of aromatic nitrogens is 1. The number of nitrogens with one attached hydrogen (secondary N) is 1. The van der Waals surface area contributed by atoms with Crippen molar-refractivity contribution in [3.63, 3.8) is 0 Å². The van der Waals surface area contributed by atoms with Gasteiger partial charge in [-0.3, -0.25) is 0 Å². The molecule has 0 fully saturated rings. The highest BCUT2D eigenvalue weighted by molar-refractivity contribution is 5.36. The van der Waals surface area contributed by atoms with Crippen LogP contribution in [0, 0.1) is 0 Å². The standard InChI is InChI=1S/C15H18N2O/c1-17-8-4-6-12(17)10-16-15-13-7-3-2-5-11(13)9-14(15)18/h2-8,14-16,18H,9-10H2,1H3/t14-,15+/m0/s1. The summed E-state index contributed by atoms with van der Waals surface area (Å²) in [6.45, 7) is 0.777. The minimum absolute atomic E-state index is 0.0519. The van der Waals surface area contributed by atoms with Crippen molar-refractivity contribution >= 4 is 0 Å². The van der Waals surface area contributed by atoms with E-state index in [0.717, 1.165) is 13.0 Å². The van der Waals surface area contributed by atoms with Gasteiger partial charge >= 0.3 is 0 Å². The Balaban J connectivity index is 1.75. The minimum atomic E-state index is -0.317. The van der Waals surface area contributed by atoms with Crippen LogP contribution in [0.1, 0.15) is 22.9 Å². The van der Waals surface area contributed by atoms with Crippen molar-refractivity contribution in [3.8, 4) is 0 Å². The van der Waals surface area contributed by atoms with Crippen molar-refractivity contribution in [3.05, 3.63) is 59.4 Å². The van der Waals surface area contributed by atoms with Crippen LogP contribution in [0.15, 0.2) is 42.6 Å². The van der Waals surface area contributed by atoms with Crippen LogP contribution in [0.4, 0.5) is 0 Å². The Bertz CT molecular complexity index is 547. The lowest BCUT2D eigenvalue weighted by Gasteiger charge is -2.18. The molecule has 2 aromatic rings. The number of hydrogen-bond donors (Lipinski definition) is 2. The largest absolute Gasteiger partial charge is 0.391 e. The maximum Gasteiger partial charge on any atom is 0.0775 e. The van der Waals surface area contributed by atoms with Gasteiger partial charge in [0.25, 0.3) is 0 Å². The van der Waals surface area contributed by atoms with Gasteiger partial charge in [0.2, 0.25) is 0 Å². The normalized spacial score (nSPS) is 22.1. The van der Waals surface area contributed by atoms with Gasteiger partial charge in [0.15, 0.2) is 0 Å². The highest BCUT2D eigenvalue weighted by Gasteiger charge is 2.30. The molecule has 2 N–H and O–H groups in total. The summed E-state index contributed by atoms with van der Waals surface area (Å²) in [5.74, 6) is 0. The van der Waals surface area contributed by atoms with Crippen molar-refractivity contribution in [1.82, 2.24) is 9.88 Å². The predicted octanol–water partition coefficient (Wildman–Crippen LogP) is 1.77. The van der Waals surface area contributed by atoms with Crippen molar-refractivity contribution < 1.29 is 5.11 Å². The number of rotatable bonds is 3. The summed E-state index contributed by atoms with van der Waals surface area (Å²) in [4.78, 5) is 0. The quantitative estimate of drug-likeness (QED) is 0.860. The second kappa shape index (κ2) is 4.59. The van der Waals surface area contributed by atoms with E-state index in [4.69, 9.17) is 0 Å². The van der Waals surface area contributed by atoms with E-state index in [1.807, 2.05) is 31.4 Å². The highest BCUT2D eigenvalue weighted by atomic mass is 16.3. The summed E-state index contributed by atoms with van der Waals surface area (Å²) < 4.78 is 2.10. The molecule has 0 bridgehead atoms. The Kier molecular flexibility index (Phi) is 2.94. The molecule has 0 amide bonds. The van der Waals surface area contributed by atoms with Gasteiger partial charge in [-0.15, -0.1) is 0 Å². The van der Waals surface area contributed by atoms with E-state index in [-0.39, 0.29) is 12.1 Å². The number of aliphatic hydroxyl groups excluding tert-OH is 1. The molecule has 3 heteroatoms. The summed E-state index contributed by atoms with van der Waals surface area (Å²) in [6.07, 6.45) is 2.47. The van der Waals surface area contributed by atoms with Gasteiger partial charge in [-0.1, -0.05) is 24.3 Å². The molecule has 1 aromatic heterocycles. The molecular formula is C15H18N2O. The van der Waals surface area contributed by atoms with Crippen LogP contribution in [0.3, 0.4) is 0 Å². The summed E-state index contributed by atoms with van der Waals surface area (Å²) in [7, 11) is 2.04. The van der Waals surface area contributed by atoms with Crippen LogP contribution in [0.2, 0.25) is 0 Å². The first-order valence-corrected chi connectivity index (χ1v) is 6.35. The van der Waals surface area contributed by atoms with Crippen LogP contribution in [0.25, 0.3) is 0 Å². The van der Waals surface area contributed by atoms with Gasteiger partial charge in [-0.05, 0) is 23.3 Å². The fraction of sp³-hybridized carbons (Fsp3) is 0.333. The molecule has 0 saturated heterocycles. The molecule has 0 saturated carbocycles. The number of aryl methyl sites for hydroxylation is 1. The number of aliphatic hydroxyl groups is 1. The SMILES string of the molecule is Cn1cccc1CN[C@@H]1c2ccccc2C[C@@H]1O. The second-order valence-corrected chi connectivity index (χ2v) is 4.94. The van der Waals surface area contributed by atoms with Crippen LogP contribution >= 0.6 is 0 Å². The van der Waals surface area contributed by atoms with Crippen molar-refractivity contribution in [2.24, 2.45) is 7.05 Å². The van der Waals surface area contributed by atoms with Gasteiger partial charge < -0.3 is 15.0 Å². The average molecular weight is 242 g/mol. The van der Waals surface area contributed by atoms with E-state index in [9.17, 15) is 5.11 Å². The second-order valence-electron chi connectivity index (χ2n) is 4.94. The molecule has 0 unspecified atom stereocenters. The fourth-order valence-electron chi connectivity index (χ4n) is 2.71. The van der Waals surface area contributed by atoms with E-state index < -0.39 is 0 Å². The molecular weight excluding hydrogens is 224 g/mol. The number of hydrogen-bond acceptors (Lipinski definition) is 2. The summed E-state index contributed by atoms with van der Waals surface area (Å²) in [5.41, 5.74) is 3.72. The van der Waals surface area contributed by atoms with Crippen LogP contribution in [0.5, 0.6) is 0 Å². The first-order valence-electron chi connectivity index (χ1n) is 6.35. The van der Waals surface area contributed by atoms with Crippen LogP contribution < -0.4 is 5.32 Å². The van der Waals surface area contributed by atoms with Crippen LogP contribution in [-0.4, -0.2) is 15.8 Å². The van der Waals surface area contributed by atoms with Gasteiger partial charge in [0.05, 0.1) is 12.1 Å². The number of fused-ring (bicyclic) bond motifs is 1. The van der Waals surface area contributed by atoms with Gasteiger partial charge in [-0.25, -0.2) is 0 Å². The smallest absolute Gasteiger partial charge is 0.0775 e. The van der Waals surface area contributed by atoms with Gasteiger partial charge in [0, 0.05) is 31.9 Å². The lowest BCUT2D eigenvalue weighted by Crippen LogP contribution is -2.28. The molecule has 1 aliphatic carbocycles. The highest BCUT2D eigenvalue weighted by Crippen LogP contribution is 2.31. The molecule has 0 aliphatic heterocycles. The Morgan fingerprint density at radius 1 is 1.28 bits per heavy atom. The van der Waals surface area contributed by atoms with E-state index in [1.165, 1.54) is 16.8 Å². The number of benzene rings is 1. The zero-order valence-corrected chi connectivity index (χ0v) is 10.5. The Morgan fingerprint density at radius 3 is 2.89 bits per heavy atom. The van der Waals surface area contributed by atoms with E-state index in [1.54, 1.807) is 0 Å². The van der Waals surface area contributed by atoms with Crippen LogP contribution in [-0.2, 0) is 20.0 Å². The molecule has 2 atom stereocenters. The zero-order valence-electron chi connectivity index (χ0n) is 10.5. The Labute approximate surface area is 107 Å². The molecule has 3 rings (SSSR count). The topological polar surface area (TPSA) is 37.2 Å². The maximum atomic E-state index is 10.1. The molecule has 0 radical (unpaired) electrons. The Morgan fingerprint density at radius 2 is 2.11 bits per heavy atom. The van der Waals surface area contributed by atoms with Crippen molar-refractivity contribution in [1.29, 1.82) is 0 Å². The van der Waals surface area contributed by atoms with Gasteiger partial charge in [-0.2, -0.15) is 0 Å². The average Bonchev–Trinajstić information content (AvgIpc) is 2.90. The Hall–Kier alpha value is -1.58. The summed E-state index contributed by atoms with van der Waals surface area (Å²) in [6, 6.07) is 12.5. The molecule has 1 aliphatic rings. The summed E-state index contributed by atoms with van der Waals surface area (Å²) in [5, 5.41) is 13.6. The lowest BCUT2D eigenvalue weighted by atomic mass is 10.1. The molecule has 94 valence electrons. The predicted molar refractivity (Wildman–Crippen MR) is 71.1 cm³/mol. The number of nitrogens with zero attached hydrogens (tertiary/aromatic N) is 1. The van der Waals surface area contributed by atoms with Crippen molar-refractivity contribution in [2.75, 3.05) is 0 Å². The lowest BCUT2D eigenvalue weighted by molar-refractivity contribution is 0.140. The third-order valence-corrected chi connectivity index (χ3v) is 3.76. The van der Waals surface area contributed by atoms with E-state index >= 15 is 0 Å². The first-order chi connectivity index (χ1) is 8.75. The third kappa shape index (κ3) is 1.96. The van der Waals surface area contributed by atoms with Crippen molar-refractivity contribution in [2.45, 2.75) is 25.1 Å². The monoisotopic (exact) mass is 242 g/mol. The third-order valence-electron chi connectivity index (χ3n) is 3.76. The zero-order chi connectivity index (χ0) is 12.5. The fourth-order valence-corrected chi connectivity index (χ4v) is 2.71. The minimum Gasteiger partial charge on any atom is -0.391 e. The van der Waals surface area contributed by atoms with E-state index in [0.29, 0.717) is 0 Å². The molecule has 1 aromatic carbocycles. The maximum absolute atomic E-state index is 10.1. The first kappa shape index (κ1) is 11.5. The van der Waals surface area contributed by atoms with Gasteiger partial charge in [0.1, 0.15) is 0 Å². The van der Waals surface area contributed by atoms with E-state index in [2.05, 4.69) is 28.1 Å². The molecule has 3 nitrogen and oxygen atoms in total. The summed E-state index contributed by atoms with van der Waals surface area (Å²) >= 11 is 0. The molecule has 0 spiro atoms.